The molecule has 0 aliphatic heterocycles. The van der Waals surface area contributed by atoms with Crippen LogP contribution < -0.4 is 16.4 Å². The van der Waals surface area contributed by atoms with Gasteiger partial charge in [-0.25, -0.2) is 4.79 Å². The number of nitrogens with one attached hydrogen (secondary N) is 2. The van der Waals surface area contributed by atoms with Crippen molar-refractivity contribution < 1.29 is 4.79 Å². The van der Waals surface area contributed by atoms with E-state index in [0.29, 0.717) is 12.0 Å². The van der Waals surface area contributed by atoms with E-state index in [-0.39, 0.29) is 12.1 Å². The van der Waals surface area contributed by atoms with Crippen molar-refractivity contribution in [2.45, 2.75) is 51.6 Å². The topological polar surface area (TPSA) is 67.1 Å². The maximum Gasteiger partial charge on any atom is 0.319 e. The van der Waals surface area contributed by atoms with Gasteiger partial charge in [0.15, 0.2) is 0 Å². The summed E-state index contributed by atoms with van der Waals surface area (Å²) >= 11 is 0. The molecule has 0 bridgehead atoms. The van der Waals surface area contributed by atoms with Gasteiger partial charge in [-0.2, -0.15) is 0 Å². The van der Waals surface area contributed by atoms with E-state index in [0.717, 1.165) is 17.7 Å². The highest BCUT2D eigenvalue weighted by atomic mass is 16.2. The van der Waals surface area contributed by atoms with E-state index in [1.54, 1.807) is 0 Å². The lowest BCUT2D eigenvalue weighted by Crippen LogP contribution is -2.43. The molecule has 2 rings (SSSR count). The number of anilines is 1. The first-order valence-corrected chi connectivity index (χ1v) is 7.49. The van der Waals surface area contributed by atoms with Crippen LogP contribution in [0.25, 0.3) is 0 Å². The molecule has 0 aromatic heterocycles. The van der Waals surface area contributed by atoms with Gasteiger partial charge in [-0.1, -0.05) is 31.9 Å². The molecule has 3 atom stereocenters. The van der Waals surface area contributed by atoms with Gasteiger partial charge < -0.3 is 16.4 Å². The van der Waals surface area contributed by atoms with Crippen molar-refractivity contribution in [3.05, 3.63) is 29.8 Å². The number of rotatable bonds is 3. The van der Waals surface area contributed by atoms with Gasteiger partial charge in [0, 0.05) is 17.8 Å². The monoisotopic (exact) mass is 275 g/mol. The molecule has 0 spiro atoms. The van der Waals surface area contributed by atoms with Gasteiger partial charge in [-0.05, 0) is 43.4 Å². The van der Waals surface area contributed by atoms with Crippen LogP contribution in [0, 0.1) is 5.92 Å². The van der Waals surface area contributed by atoms with Crippen LogP contribution in [0.3, 0.4) is 0 Å². The molecule has 1 aromatic rings. The highest BCUT2D eigenvalue weighted by molar-refractivity contribution is 5.89. The smallest absolute Gasteiger partial charge is 0.319 e. The minimum atomic E-state index is -0.114. The third-order valence-electron chi connectivity index (χ3n) is 4.12. The Balaban J connectivity index is 1.87. The second-order valence-corrected chi connectivity index (χ2v) is 5.88. The first kappa shape index (κ1) is 14.9. The molecular formula is C16H25N3O. The molecular weight excluding hydrogens is 250 g/mol. The summed E-state index contributed by atoms with van der Waals surface area (Å²) in [5, 5.41) is 5.96. The van der Waals surface area contributed by atoms with E-state index < -0.39 is 0 Å². The normalized spacial score (nSPS) is 23.9. The summed E-state index contributed by atoms with van der Waals surface area (Å²) in [6, 6.07) is 7.88. The summed E-state index contributed by atoms with van der Waals surface area (Å²) in [4.78, 5) is 12.0. The first-order chi connectivity index (χ1) is 9.56. The fraction of sp³-hybridized carbons (Fsp3) is 0.562. The molecule has 110 valence electrons. The van der Waals surface area contributed by atoms with Gasteiger partial charge >= 0.3 is 6.03 Å². The zero-order chi connectivity index (χ0) is 14.5. The fourth-order valence-corrected chi connectivity index (χ4v) is 2.74. The number of benzene rings is 1. The van der Waals surface area contributed by atoms with Crippen molar-refractivity contribution in [2.24, 2.45) is 11.7 Å². The highest BCUT2D eigenvalue weighted by Crippen LogP contribution is 2.23. The Hall–Kier alpha value is -1.55. The van der Waals surface area contributed by atoms with Crippen molar-refractivity contribution in [2.75, 3.05) is 5.32 Å². The lowest BCUT2D eigenvalue weighted by molar-refractivity contribution is 0.232. The standard InChI is InChI=1S/C16H25N3O/c1-11-5-3-4-6-15(11)19-16(20)18-14-9-7-13(8-10-14)12(2)17/h7-12,15H,3-6,17H2,1-2H3,(H2,18,19,20). The van der Waals surface area contributed by atoms with Crippen molar-refractivity contribution in [1.82, 2.24) is 5.32 Å². The second kappa shape index (κ2) is 6.75. The molecule has 1 fully saturated rings. The second-order valence-electron chi connectivity index (χ2n) is 5.88. The lowest BCUT2D eigenvalue weighted by Gasteiger charge is -2.29. The zero-order valence-corrected chi connectivity index (χ0v) is 12.4. The third kappa shape index (κ3) is 3.97. The quantitative estimate of drug-likeness (QED) is 0.791. The van der Waals surface area contributed by atoms with Crippen LogP contribution in [-0.2, 0) is 0 Å². The van der Waals surface area contributed by atoms with Crippen molar-refractivity contribution in [3.63, 3.8) is 0 Å². The van der Waals surface area contributed by atoms with Crippen LogP contribution in [0.1, 0.15) is 51.1 Å². The van der Waals surface area contributed by atoms with E-state index >= 15 is 0 Å². The number of nitrogens with two attached hydrogens (primary N) is 1. The largest absolute Gasteiger partial charge is 0.335 e. The predicted molar refractivity (Wildman–Crippen MR) is 82.6 cm³/mol. The fourth-order valence-electron chi connectivity index (χ4n) is 2.74. The minimum Gasteiger partial charge on any atom is -0.335 e. The van der Waals surface area contributed by atoms with Gasteiger partial charge in [0.25, 0.3) is 0 Å². The molecule has 20 heavy (non-hydrogen) atoms. The Kier molecular flexibility index (Phi) is 5.01. The van der Waals surface area contributed by atoms with E-state index in [4.69, 9.17) is 5.73 Å². The van der Waals surface area contributed by atoms with Crippen molar-refractivity contribution in [3.8, 4) is 0 Å². The van der Waals surface area contributed by atoms with Crippen LogP contribution in [-0.4, -0.2) is 12.1 Å². The summed E-state index contributed by atoms with van der Waals surface area (Å²) < 4.78 is 0. The van der Waals surface area contributed by atoms with Crippen molar-refractivity contribution in [1.29, 1.82) is 0 Å². The molecule has 4 nitrogen and oxygen atoms in total. The molecule has 2 amide bonds. The van der Waals surface area contributed by atoms with E-state index in [2.05, 4.69) is 17.6 Å². The summed E-state index contributed by atoms with van der Waals surface area (Å²) in [6.07, 6.45) is 4.77. The van der Waals surface area contributed by atoms with E-state index in [1.807, 2.05) is 31.2 Å². The molecule has 0 heterocycles. The van der Waals surface area contributed by atoms with E-state index in [9.17, 15) is 4.79 Å². The van der Waals surface area contributed by atoms with E-state index in [1.165, 1.54) is 19.3 Å². The first-order valence-electron chi connectivity index (χ1n) is 7.49. The van der Waals surface area contributed by atoms with Gasteiger partial charge in [0.05, 0.1) is 0 Å². The number of carbonyl (C=O) groups is 1. The molecule has 1 aliphatic rings. The molecule has 4 N–H and O–H groups in total. The summed E-state index contributed by atoms with van der Waals surface area (Å²) in [6.45, 7) is 4.15. The van der Waals surface area contributed by atoms with Gasteiger partial charge in [-0.15, -0.1) is 0 Å². The Bertz CT molecular complexity index is 442. The average molecular weight is 275 g/mol. The number of hydrogen-bond donors (Lipinski definition) is 3. The van der Waals surface area contributed by atoms with Crippen LogP contribution >= 0.6 is 0 Å². The summed E-state index contributed by atoms with van der Waals surface area (Å²) in [5.41, 5.74) is 7.67. The summed E-state index contributed by atoms with van der Waals surface area (Å²) in [5.74, 6) is 0.565. The molecule has 1 aromatic carbocycles. The Morgan fingerprint density at radius 1 is 1.25 bits per heavy atom. The SMILES string of the molecule is CC(N)c1ccc(NC(=O)NC2CCCCC2C)cc1. The highest BCUT2D eigenvalue weighted by Gasteiger charge is 2.22. The molecule has 4 heteroatoms. The Morgan fingerprint density at radius 2 is 1.90 bits per heavy atom. The number of hydrogen-bond acceptors (Lipinski definition) is 2. The Labute approximate surface area is 121 Å². The maximum absolute atomic E-state index is 12.0. The summed E-state index contributed by atoms with van der Waals surface area (Å²) in [7, 11) is 0. The van der Waals surface area contributed by atoms with Gasteiger partial charge in [0.2, 0.25) is 0 Å². The molecule has 0 saturated heterocycles. The maximum atomic E-state index is 12.0. The average Bonchev–Trinajstić information content (AvgIpc) is 2.42. The number of urea groups is 1. The zero-order valence-electron chi connectivity index (χ0n) is 12.4. The minimum absolute atomic E-state index is 0.0148. The number of carbonyl (C=O) groups excluding carboxylic acids is 1. The van der Waals surface area contributed by atoms with Crippen LogP contribution in [0.15, 0.2) is 24.3 Å². The lowest BCUT2D eigenvalue weighted by atomic mass is 9.86. The van der Waals surface area contributed by atoms with Crippen LogP contribution in [0.5, 0.6) is 0 Å². The molecule has 1 aliphatic carbocycles. The van der Waals surface area contributed by atoms with Gasteiger partial charge in [-0.3, -0.25) is 0 Å². The predicted octanol–water partition coefficient (Wildman–Crippen LogP) is 3.41. The Morgan fingerprint density at radius 3 is 2.50 bits per heavy atom. The number of amides is 2. The third-order valence-corrected chi connectivity index (χ3v) is 4.12. The van der Waals surface area contributed by atoms with Crippen LogP contribution in [0.4, 0.5) is 10.5 Å². The van der Waals surface area contributed by atoms with Crippen molar-refractivity contribution >= 4 is 11.7 Å². The molecule has 0 radical (unpaired) electrons. The molecule has 1 saturated carbocycles. The van der Waals surface area contributed by atoms with Crippen LogP contribution in [0.2, 0.25) is 0 Å². The molecule has 3 unspecified atom stereocenters. The van der Waals surface area contributed by atoms with Gasteiger partial charge in [0.1, 0.15) is 0 Å².